The van der Waals surface area contributed by atoms with Crippen molar-refractivity contribution in [1.29, 1.82) is 0 Å². The number of hydrogen-bond acceptors (Lipinski definition) is 3. The second-order valence-electron chi connectivity index (χ2n) is 4.32. The standard InChI is InChI=1S/C10H18O4S/c1-3-15(13,14)9-5-4-8(10(11)12)6-7(9)2/h7-9H,3-6H2,1-2H3,(H,11,12). The molecule has 1 saturated carbocycles. The van der Waals surface area contributed by atoms with Gasteiger partial charge in [-0.15, -0.1) is 0 Å². The molecule has 3 unspecified atom stereocenters. The van der Waals surface area contributed by atoms with Crippen molar-refractivity contribution < 1.29 is 18.3 Å². The molecule has 3 atom stereocenters. The van der Waals surface area contributed by atoms with E-state index in [1.807, 2.05) is 6.92 Å². The number of sulfone groups is 1. The first-order chi connectivity index (χ1) is 6.88. The highest BCUT2D eigenvalue weighted by Crippen LogP contribution is 2.33. The van der Waals surface area contributed by atoms with E-state index >= 15 is 0 Å². The van der Waals surface area contributed by atoms with Crippen LogP contribution in [0.2, 0.25) is 0 Å². The van der Waals surface area contributed by atoms with Crippen LogP contribution in [0.25, 0.3) is 0 Å². The van der Waals surface area contributed by atoms with Crippen LogP contribution in [0.15, 0.2) is 0 Å². The third-order valence-corrected chi connectivity index (χ3v) is 5.73. The Morgan fingerprint density at radius 1 is 1.40 bits per heavy atom. The van der Waals surface area contributed by atoms with E-state index in [1.165, 1.54) is 0 Å². The average molecular weight is 234 g/mol. The SMILES string of the molecule is CCS(=O)(=O)C1CCC(C(=O)O)CC1C. The summed E-state index contributed by atoms with van der Waals surface area (Å²) >= 11 is 0. The second kappa shape index (κ2) is 4.51. The predicted molar refractivity (Wildman–Crippen MR) is 57.4 cm³/mol. The summed E-state index contributed by atoms with van der Waals surface area (Å²) in [4.78, 5) is 10.8. The number of carbonyl (C=O) groups is 1. The van der Waals surface area contributed by atoms with Gasteiger partial charge >= 0.3 is 5.97 Å². The van der Waals surface area contributed by atoms with E-state index in [2.05, 4.69) is 0 Å². The Hall–Kier alpha value is -0.580. The monoisotopic (exact) mass is 234 g/mol. The predicted octanol–water partition coefficient (Wildman–Crippen LogP) is 1.31. The molecule has 0 aromatic rings. The van der Waals surface area contributed by atoms with Gasteiger partial charge in [-0.1, -0.05) is 13.8 Å². The van der Waals surface area contributed by atoms with Crippen molar-refractivity contribution in [3.8, 4) is 0 Å². The van der Waals surface area contributed by atoms with Crippen LogP contribution in [0.5, 0.6) is 0 Å². The Balaban J connectivity index is 2.73. The van der Waals surface area contributed by atoms with Crippen molar-refractivity contribution in [2.75, 3.05) is 5.75 Å². The van der Waals surface area contributed by atoms with Gasteiger partial charge in [0.15, 0.2) is 9.84 Å². The first-order valence-corrected chi connectivity index (χ1v) is 7.04. The third-order valence-electron chi connectivity index (χ3n) is 3.30. The van der Waals surface area contributed by atoms with E-state index in [0.717, 1.165) is 0 Å². The van der Waals surface area contributed by atoms with Crippen LogP contribution >= 0.6 is 0 Å². The van der Waals surface area contributed by atoms with Gasteiger partial charge in [-0.05, 0) is 25.2 Å². The van der Waals surface area contributed by atoms with Gasteiger partial charge in [0, 0.05) is 5.75 Å². The molecule has 0 spiro atoms. The molecule has 5 heteroatoms. The minimum absolute atomic E-state index is 0.0372. The second-order valence-corrected chi connectivity index (χ2v) is 6.82. The van der Waals surface area contributed by atoms with Crippen LogP contribution in [-0.2, 0) is 14.6 Å². The highest BCUT2D eigenvalue weighted by molar-refractivity contribution is 7.92. The number of hydrogen-bond donors (Lipinski definition) is 1. The van der Waals surface area contributed by atoms with Gasteiger partial charge in [-0.3, -0.25) is 4.79 Å². The maximum atomic E-state index is 11.7. The fourth-order valence-corrected chi connectivity index (χ4v) is 4.08. The smallest absolute Gasteiger partial charge is 0.306 e. The average Bonchev–Trinajstić information content (AvgIpc) is 2.17. The highest BCUT2D eigenvalue weighted by atomic mass is 32.2. The van der Waals surface area contributed by atoms with Gasteiger partial charge in [0.05, 0.1) is 11.2 Å². The van der Waals surface area contributed by atoms with Crippen LogP contribution in [0.1, 0.15) is 33.1 Å². The number of carboxylic acid groups (broad SMARTS) is 1. The van der Waals surface area contributed by atoms with Gasteiger partial charge in [-0.2, -0.15) is 0 Å². The quantitative estimate of drug-likeness (QED) is 0.799. The van der Waals surface area contributed by atoms with Crippen molar-refractivity contribution in [1.82, 2.24) is 0 Å². The summed E-state index contributed by atoms with van der Waals surface area (Å²) in [6.07, 6.45) is 1.47. The molecule has 0 aliphatic heterocycles. The van der Waals surface area contributed by atoms with E-state index in [0.29, 0.717) is 19.3 Å². The maximum Gasteiger partial charge on any atom is 0.306 e. The van der Waals surface area contributed by atoms with Gasteiger partial charge in [0.25, 0.3) is 0 Å². The molecule has 0 aromatic carbocycles. The van der Waals surface area contributed by atoms with Crippen LogP contribution in [0.4, 0.5) is 0 Å². The molecule has 88 valence electrons. The van der Waals surface area contributed by atoms with Gasteiger partial charge in [-0.25, -0.2) is 8.42 Å². The molecule has 1 aliphatic carbocycles. The molecule has 1 N–H and O–H groups in total. The molecule has 0 aromatic heterocycles. The fourth-order valence-electron chi connectivity index (χ4n) is 2.34. The third kappa shape index (κ3) is 2.71. The molecule has 1 fully saturated rings. The summed E-state index contributed by atoms with van der Waals surface area (Å²) in [6.45, 7) is 3.48. The number of carboxylic acids is 1. The first kappa shape index (κ1) is 12.5. The molecule has 0 heterocycles. The summed E-state index contributed by atoms with van der Waals surface area (Å²) in [6, 6.07) is 0. The molecular formula is C10H18O4S. The van der Waals surface area contributed by atoms with E-state index in [-0.39, 0.29) is 22.8 Å². The Morgan fingerprint density at radius 2 is 2.00 bits per heavy atom. The number of rotatable bonds is 3. The zero-order chi connectivity index (χ0) is 11.6. The topological polar surface area (TPSA) is 71.4 Å². The Morgan fingerprint density at radius 3 is 2.40 bits per heavy atom. The van der Waals surface area contributed by atoms with E-state index in [9.17, 15) is 13.2 Å². The van der Waals surface area contributed by atoms with Crippen LogP contribution in [-0.4, -0.2) is 30.5 Å². The molecular weight excluding hydrogens is 216 g/mol. The number of aliphatic carboxylic acids is 1. The summed E-state index contributed by atoms with van der Waals surface area (Å²) < 4.78 is 23.4. The lowest BCUT2D eigenvalue weighted by Crippen LogP contribution is -2.37. The lowest BCUT2D eigenvalue weighted by Gasteiger charge is -2.31. The van der Waals surface area contributed by atoms with Gasteiger partial charge < -0.3 is 5.11 Å². The Bertz CT molecular complexity index is 333. The first-order valence-electron chi connectivity index (χ1n) is 5.32. The van der Waals surface area contributed by atoms with Crippen molar-refractivity contribution in [3.05, 3.63) is 0 Å². The van der Waals surface area contributed by atoms with Gasteiger partial charge in [0.1, 0.15) is 0 Å². The molecule has 0 bridgehead atoms. The van der Waals surface area contributed by atoms with Crippen LogP contribution in [0, 0.1) is 11.8 Å². The summed E-state index contributed by atoms with van der Waals surface area (Å²) in [5.74, 6) is -1.04. The molecule has 0 amide bonds. The van der Waals surface area contributed by atoms with E-state index < -0.39 is 15.8 Å². The molecule has 4 nitrogen and oxygen atoms in total. The highest BCUT2D eigenvalue weighted by Gasteiger charge is 2.37. The minimum atomic E-state index is -3.01. The van der Waals surface area contributed by atoms with Crippen molar-refractivity contribution in [2.45, 2.75) is 38.4 Å². The molecule has 0 radical (unpaired) electrons. The van der Waals surface area contributed by atoms with E-state index in [4.69, 9.17) is 5.11 Å². The molecule has 0 saturated heterocycles. The van der Waals surface area contributed by atoms with E-state index in [1.54, 1.807) is 6.92 Å². The maximum absolute atomic E-state index is 11.7. The normalized spacial score (nSPS) is 32.5. The fraction of sp³-hybridized carbons (Fsp3) is 0.900. The van der Waals surface area contributed by atoms with Crippen molar-refractivity contribution in [2.24, 2.45) is 11.8 Å². The zero-order valence-electron chi connectivity index (χ0n) is 9.14. The van der Waals surface area contributed by atoms with Gasteiger partial charge in [0.2, 0.25) is 0 Å². The van der Waals surface area contributed by atoms with Crippen LogP contribution < -0.4 is 0 Å². The van der Waals surface area contributed by atoms with Crippen molar-refractivity contribution in [3.63, 3.8) is 0 Å². The van der Waals surface area contributed by atoms with Crippen LogP contribution in [0.3, 0.4) is 0 Å². The van der Waals surface area contributed by atoms with Crippen molar-refractivity contribution >= 4 is 15.8 Å². The summed E-state index contributed by atoms with van der Waals surface area (Å²) in [5.41, 5.74) is 0. The lowest BCUT2D eigenvalue weighted by atomic mass is 9.82. The Kier molecular flexibility index (Phi) is 3.76. The zero-order valence-corrected chi connectivity index (χ0v) is 9.96. The minimum Gasteiger partial charge on any atom is -0.481 e. The summed E-state index contributed by atoms with van der Waals surface area (Å²) in [5, 5.41) is 8.52. The largest absolute Gasteiger partial charge is 0.481 e. The Labute approximate surface area is 90.6 Å². The molecule has 15 heavy (non-hydrogen) atoms. The lowest BCUT2D eigenvalue weighted by molar-refractivity contribution is -0.143. The molecule has 1 aliphatic rings. The molecule has 1 rings (SSSR count). The summed E-state index contributed by atoms with van der Waals surface area (Å²) in [7, 11) is -3.01.